The van der Waals surface area contributed by atoms with Crippen LogP contribution < -0.4 is 0 Å². The molecule has 5 N–H and O–H groups in total. The molecule has 0 amide bonds. The molecule has 0 unspecified atom stereocenters. The maximum Gasteiger partial charge on any atom is 0.340 e. The molecule has 0 fully saturated rings. The van der Waals surface area contributed by atoms with Crippen molar-refractivity contribution in [3.05, 3.63) is 52.6 Å². The normalized spacial score (nSPS) is 10.2. The Kier molecular flexibility index (Phi) is 4.42. The molecule has 0 aliphatic heterocycles. The van der Waals surface area contributed by atoms with Crippen LogP contribution in [0.2, 0.25) is 0 Å². The molecule has 2 rings (SSSR count). The third-order valence-corrected chi connectivity index (χ3v) is 3.42. The molecule has 0 aromatic heterocycles. The maximum absolute atomic E-state index is 11.5. The molecule has 0 saturated carbocycles. The average Bonchev–Trinajstić information content (AvgIpc) is 2.52. The van der Waals surface area contributed by atoms with Crippen molar-refractivity contribution >= 4 is 23.9 Å². The van der Waals surface area contributed by atoms with E-state index in [4.69, 9.17) is 15.3 Å². The van der Waals surface area contributed by atoms with E-state index in [2.05, 4.69) is 0 Å². The van der Waals surface area contributed by atoms with Crippen LogP contribution in [0.4, 0.5) is 0 Å². The minimum absolute atomic E-state index is 0.260. The summed E-state index contributed by atoms with van der Waals surface area (Å²) in [6.45, 7) is 0. The van der Waals surface area contributed by atoms with Crippen molar-refractivity contribution in [3.63, 3.8) is 0 Å². The van der Waals surface area contributed by atoms with Crippen molar-refractivity contribution in [1.82, 2.24) is 0 Å². The van der Waals surface area contributed by atoms with Gasteiger partial charge in [-0.25, -0.2) is 19.2 Å². The number of aromatic carboxylic acids is 4. The van der Waals surface area contributed by atoms with Gasteiger partial charge in [-0.05, 0) is 18.2 Å². The lowest BCUT2D eigenvalue weighted by Gasteiger charge is -2.13. The SMILES string of the molecule is O=C(O)c1cccc(-c2ccc(C(=O)O)c(C(=O)O)c2O)c1C(=O)O. The van der Waals surface area contributed by atoms with E-state index in [0.29, 0.717) is 0 Å². The fourth-order valence-corrected chi connectivity index (χ4v) is 2.39. The fourth-order valence-electron chi connectivity index (χ4n) is 2.39. The second kappa shape index (κ2) is 6.32. The summed E-state index contributed by atoms with van der Waals surface area (Å²) in [6.07, 6.45) is 0. The number of carbonyl (C=O) groups is 4. The van der Waals surface area contributed by atoms with E-state index in [-0.39, 0.29) is 11.1 Å². The Morgan fingerprint density at radius 2 is 1.12 bits per heavy atom. The van der Waals surface area contributed by atoms with Crippen LogP contribution >= 0.6 is 0 Å². The number of carboxylic acids is 4. The summed E-state index contributed by atoms with van der Waals surface area (Å²) < 4.78 is 0. The van der Waals surface area contributed by atoms with Crippen molar-refractivity contribution in [1.29, 1.82) is 0 Å². The lowest BCUT2D eigenvalue weighted by molar-refractivity contribution is 0.0648. The predicted octanol–water partition coefficient (Wildman–Crippen LogP) is 1.85. The summed E-state index contributed by atoms with van der Waals surface area (Å²) >= 11 is 0. The first kappa shape index (κ1) is 17.5. The van der Waals surface area contributed by atoms with Gasteiger partial charge in [0.1, 0.15) is 11.3 Å². The summed E-state index contributed by atoms with van der Waals surface area (Å²) in [4.78, 5) is 45.1. The van der Waals surface area contributed by atoms with Crippen LogP contribution in [0.25, 0.3) is 11.1 Å². The van der Waals surface area contributed by atoms with E-state index in [1.807, 2.05) is 0 Å². The molecule has 2 aromatic carbocycles. The summed E-state index contributed by atoms with van der Waals surface area (Å²) in [7, 11) is 0. The lowest BCUT2D eigenvalue weighted by Crippen LogP contribution is -2.11. The zero-order valence-corrected chi connectivity index (χ0v) is 12.3. The number of hydrogen-bond acceptors (Lipinski definition) is 5. The predicted molar refractivity (Wildman–Crippen MR) is 81.4 cm³/mol. The van der Waals surface area contributed by atoms with Crippen molar-refractivity contribution in [3.8, 4) is 16.9 Å². The van der Waals surface area contributed by atoms with E-state index in [0.717, 1.165) is 18.2 Å². The van der Waals surface area contributed by atoms with Crippen LogP contribution in [0.15, 0.2) is 30.3 Å². The van der Waals surface area contributed by atoms with Crippen LogP contribution in [-0.2, 0) is 0 Å². The summed E-state index contributed by atoms with van der Waals surface area (Å²) in [5.74, 6) is -7.44. The monoisotopic (exact) mass is 346 g/mol. The molecule has 9 heteroatoms. The van der Waals surface area contributed by atoms with Gasteiger partial charge in [-0.2, -0.15) is 0 Å². The summed E-state index contributed by atoms with van der Waals surface area (Å²) in [5, 5.41) is 46.8. The van der Waals surface area contributed by atoms with Gasteiger partial charge in [-0.1, -0.05) is 12.1 Å². The highest BCUT2D eigenvalue weighted by Gasteiger charge is 2.27. The van der Waals surface area contributed by atoms with Gasteiger partial charge in [0, 0.05) is 11.1 Å². The third-order valence-electron chi connectivity index (χ3n) is 3.42. The first-order chi connectivity index (χ1) is 11.7. The Balaban J connectivity index is 2.89. The van der Waals surface area contributed by atoms with Gasteiger partial charge in [0.25, 0.3) is 0 Å². The maximum atomic E-state index is 11.5. The molecule has 0 aliphatic rings. The number of rotatable bonds is 5. The van der Waals surface area contributed by atoms with Crippen molar-refractivity contribution in [2.45, 2.75) is 0 Å². The molecule has 128 valence electrons. The molecule has 25 heavy (non-hydrogen) atoms. The minimum atomic E-state index is -1.73. The second-order valence-corrected chi connectivity index (χ2v) is 4.83. The van der Waals surface area contributed by atoms with E-state index in [1.165, 1.54) is 12.1 Å². The Morgan fingerprint density at radius 3 is 1.60 bits per heavy atom. The highest BCUT2D eigenvalue weighted by Crippen LogP contribution is 2.37. The molecular formula is C16H10O9. The van der Waals surface area contributed by atoms with Crippen molar-refractivity contribution in [2.75, 3.05) is 0 Å². The second-order valence-electron chi connectivity index (χ2n) is 4.83. The van der Waals surface area contributed by atoms with Gasteiger partial charge in [-0.15, -0.1) is 0 Å². The van der Waals surface area contributed by atoms with Crippen LogP contribution in [0.3, 0.4) is 0 Å². The molecule has 0 bridgehead atoms. The Morgan fingerprint density at radius 1 is 0.600 bits per heavy atom. The Labute approximate surface area is 139 Å². The quantitative estimate of drug-likeness (QED) is 0.542. The molecule has 9 nitrogen and oxygen atoms in total. The molecule has 0 aliphatic carbocycles. The van der Waals surface area contributed by atoms with E-state index in [1.54, 1.807) is 0 Å². The first-order valence-corrected chi connectivity index (χ1v) is 6.59. The summed E-state index contributed by atoms with van der Waals surface area (Å²) in [5.41, 5.74) is -3.43. The van der Waals surface area contributed by atoms with E-state index >= 15 is 0 Å². The standard InChI is InChI=1S/C16H10O9/c17-12-7(4-5-9(14(20)21)11(12)16(24)25)6-2-1-3-8(13(18)19)10(6)15(22)23/h1-5,17H,(H,18,19)(H,20,21)(H,22,23)(H,24,25). The largest absolute Gasteiger partial charge is 0.506 e. The fraction of sp³-hybridized carbons (Fsp3) is 0. The first-order valence-electron chi connectivity index (χ1n) is 6.59. The smallest absolute Gasteiger partial charge is 0.340 e. The number of benzene rings is 2. The molecule has 0 atom stereocenters. The van der Waals surface area contributed by atoms with Crippen LogP contribution in [-0.4, -0.2) is 49.4 Å². The zero-order chi connectivity index (χ0) is 18.9. The topological polar surface area (TPSA) is 169 Å². The number of aromatic hydroxyl groups is 1. The highest BCUT2D eigenvalue weighted by atomic mass is 16.4. The van der Waals surface area contributed by atoms with Gasteiger partial charge >= 0.3 is 23.9 Å². The minimum Gasteiger partial charge on any atom is -0.506 e. The number of carboxylic acid groups (broad SMARTS) is 4. The molecular weight excluding hydrogens is 336 g/mol. The van der Waals surface area contributed by atoms with Gasteiger partial charge in [0.2, 0.25) is 0 Å². The van der Waals surface area contributed by atoms with E-state index in [9.17, 15) is 29.4 Å². The molecule has 0 heterocycles. The van der Waals surface area contributed by atoms with Crippen LogP contribution in [0.5, 0.6) is 5.75 Å². The molecule has 0 spiro atoms. The molecule has 0 saturated heterocycles. The number of phenols is 1. The van der Waals surface area contributed by atoms with Crippen LogP contribution in [0.1, 0.15) is 41.4 Å². The highest BCUT2D eigenvalue weighted by molar-refractivity contribution is 6.09. The van der Waals surface area contributed by atoms with Crippen molar-refractivity contribution in [2.24, 2.45) is 0 Å². The Hall–Kier alpha value is -3.88. The molecule has 2 aromatic rings. The van der Waals surface area contributed by atoms with E-state index < -0.39 is 51.9 Å². The Bertz CT molecular complexity index is 927. The van der Waals surface area contributed by atoms with Crippen molar-refractivity contribution < 1.29 is 44.7 Å². The molecule has 0 radical (unpaired) electrons. The number of hydrogen-bond donors (Lipinski definition) is 5. The lowest BCUT2D eigenvalue weighted by atomic mass is 9.92. The van der Waals surface area contributed by atoms with Gasteiger partial charge in [0.05, 0.1) is 16.7 Å². The average molecular weight is 346 g/mol. The van der Waals surface area contributed by atoms with Gasteiger partial charge in [0.15, 0.2) is 0 Å². The third kappa shape index (κ3) is 2.98. The zero-order valence-electron chi connectivity index (χ0n) is 12.3. The van der Waals surface area contributed by atoms with Gasteiger partial charge in [-0.3, -0.25) is 0 Å². The summed E-state index contributed by atoms with van der Waals surface area (Å²) in [6, 6.07) is 5.34. The van der Waals surface area contributed by atoms with Crippen LogP contribution in [0, 0.1) is 0 Å². The van der Waals surface area contributed by atoms with Gasteiger partial charge < -0.3 is 25.5 Å².